The Balaban J connectivity index is 1.80. The van der Waals surface area contributed by atoms with E-state index in [0.29, 0.717) is 12.4 Å². The number of hydrogen-bond acceptors (Lipinski definition) is 6. The number of nitro benzene ring substituents is 1. The summed E-state index contributed by atoms with van der Waals surface area (Å²) < 4.78 is 7.25. The van der Waals surface area contributed by atoms with Gasteiger partial charge in [-0.1, -0.05) is 6.07 Å². The van der Waals surface area contributed by atoms with E-state index >= 15 is 0 Å². The first-order chi connectivity index (χ1) is 11.6. The largest absolute Gasteiger partial charge is 0.487 e. The Morgan fingerprint density at radius 3 is 3.12 bits per heavy atom. The van der Waals surface area contributed by atoms with Gasteiger partial charge in [0.25, 0.3) is 0 Å². The minimum absolute atomic E-state index is 0.00480. The average molecular weight is 331 g/mol. The molecule has 2 atom stereocenters. The molecule has 0 saturated heterocycles. The van der Waals surface area contributed by atoms with Crippen molar-refractivity contribution in [1.29, 1.82) is 0 Å². The van der Waals surface area contributed by atoms with Gasteiger partial charge >= 0.3 is 5.69 Å². The summed E-state index contributed by atoms with van der Waals surface area (Å²) >= 11 is 0. The number of aryl methyl sites for hydroxylation is 1. The van der Waals surface area contributed by atoms with Crippen molar-refractivity contribution in [2.75, 3.05) is 6.61 Å². The Bertz CT molecular complexity index is 730. The second kappa shape index (κ2) is 6.96. The maximum absolute atomic E-state index is 11.3. The maximum Gasteiger partial charge on any atom is 0.311 e. The molecule has 0 saturated carbocycles. The summed E-state index contributed by atoms with van der Waals surface area (Å²) in [7, 11) is 0. The topological polar surface area (TPSA) is 95.1 Å². The number of fused-ring (bicyclic) bond motifs is 1. The van der Waals surface area contributed by atoms with E-state index in [1.165, 1.54) is 0 Å². The van der Waals surface area contributed by atoms with E-state index in [2.05, 4.69) is 15.4 Å². The van der Waals surface area contributed by atoms with Crippen LogP contribution in [0, 0.1) is 10.1 Å². The van der Waals surface area contributed by atoms with E-state index in [9.17, 15) is 10.1 Å². The van der Waals surface area contributed by atoms with E-state index in [-0.39, 0.29) is 17.8 Å². The van der Waals surface area contributed by atoms with Gasteiger partial charge in [0, 0.05) is 18.7 Å². The molecule has 0 unspecified atom stereocenters. The van der Waals surface area contributed by atoms with Gasteiger partial charge in [-0.25, -0.2) is 9.67 Å². The number of ether oxygens (including phenoxy) is 1. The summed E-state index contributed by atoms with van der Waals surface area (Å²) in [4.78, 5) is 15.2. The molecule has 1 N–H and O–H groups in total. The van der Waals surface area contributed by atoms with Crippen LogP contribution in [0.1, 0.15) is 50.2 Å². The van der Waals surface area contributed by atoms with Crippen LogP contribution in [0.5, 0.6) is 5.75 Å². The summed E-state index contributed by atoms with van der Waals surface area (Å²) in [6.45, 7) is 5.08. The number of benzene rings is 1. The Morgan fingerprint density at radius 1 is 1.54 bits per heavy atom. The number of hydrogen-bond donors (Lipinski definition) is 1. The Labute approximate surface area is 140 Å². The standard InChI is InChI=1S/C16H21N5O3/c1-3-24-15-7-6-12(9-14(15)21(22)23)11(2)19-13-5-4-8-20-16(13)17-10-18-20/h6-7,9-11,13,19H,3-5,8H2,1-2H3/t11-,13+/m1/s1. The van der Waals surface area contributed by atoms with Crippen LogP contribution >= 0.6 is 0 Å². The zero-order valence-corrected chi connectivity index (χ0v) is 13.8. The maximum atomic E-state index is 11.3. The van der Waals surface area contributed by atoms with E-state index in [4.69, 9.17) is 4.74 Å². The quantitative estimate of drug-likeness (QED) is 0.646. The van der Waals surface area contributed by atoms with E-state index in [0.717, 1.165) is 30.8 Å². The molecule has 1 aliphatic heterocycles. The van der Waals surface area contributed by atoms with Crippen LogP contribution in [-0.4, -0.2) is 26.3 Å². The van der Waals surface area contributed by atoms with Gasteiger partial charge in [-0.15, -0.1) is 0 Å². The fourth-order valence-electron chi connectivity index (χ4n) is 3.07. The molecule has 0 aliphatic carbocycles. The summed E-state index contributed by atoms with van der Waals surface area (Å²) in [5, 5.41) is 19.0. The zero-order valence-electron chi connectivity index (χ0n) is 13.8. The second-order valence-corrected chi connectivity index (χ2v) is 5.84. The lowest BCUT2D eigenvalue weighted by Crippen LogP contribution is -2.30. The van der Waals surface area contributed by atoms with Crippen molar-refractivity contribution in [3.63, 3.8) is 0 Å². The minimum Gasteiger partial charge on any atom is -0.487 e. The van der Waals surface area contributed by atoms with Gasteiger partial charge in [-0.3, -0.25) is 10.1 Å². The van der Waals surface area contributed by atoms with Gasteiger partial charge in [-0.05, 0) is 38.3 Å². The number of nitro groups is 1. The van der Waals surface area contributed by atoms with Gasteiger partial charge in [0.05, 0.1) is 17.6 Å². The van der Waals surface area contributed by atoms with E-state index in [1.807, 2.05) is 17.7 Å². The zero-order chi connectivity index (χ0) is 17.1. The van der Waals surface area contributed by atoms with Crippen LogP contribution in [0.25, 0.3) is 0 Å². The number of aromatic nitrogens is 3. The first-order valence-electron chi connectivity index (χ1n) is 8.15. The molecular formula is C16H21N5O3. The third-order valence-corrected chi connectivity index (χ3v) is 4.25. The van der Waals surface area contributed by atoms with Gasteiger partial charge in [0.1, 0.15) is 12.2 Å². The average Bonchev–Trinajstić information content (AvgIpc) is 3.05. The normalized spacial score (nSPS) is 18.0. The van der Waals surface area contributed by atoms with Crippen molar-refractivity contribution in [3.8, 4) is 5.75 Å². The monoisotopic (exact) mass is 331 g/mol. The summed E-state index contributed by atoms with van der Waals surface area (Å²) in [6, 6.07) is 5.16. The molecule has 0 fully saturated rings. The highest BCUT2D eigenvalue weighted by molar-refractivity contribution is 5.49. The molecule has 8 heteroatoms. The molecule has 2 heterocycles. The number of rotatable bonds is 6. The van der Waals surface area contributed by atoms with Crippen molar-refractivity contribution in [2.24, 2.45) is 0 Å². The molecule has 1 aromatic carbocycles. The molecule has 2 aromatic rings. The highest BCUT2D eigenvalue weighted by Gasteiger charge is 2.25. The van der Waals surface area contributed by atoms with Gasteiger partial charge in [-0.2, -0.15) is 5.10 Å². The third-order valence-electron chi connectivity index (χ3n) is 4.25. The molecule has 128 valence electrons. The van der Waals surface area contributed by atoms with Gasteiger partial charge in [0.15, 0.2) is 5.75 Å². The summed E-state index contributed by atoms with van der Waals surface area (Å²) in [5.74, 6) is 1.23. The minimum atomic E-state index is -0.404. The fraction of sp³-hybridized carbons (Fsp3) is 0.500. The SMILES string of the molecule is CCOc1ccc([C@@H](C)N[C@H]2CCCn3ncnc32)cc1[N+](=O)[O-]. The first kappa shape index (κ1) is 16.4. The molecule has 0 bridgehead atoms. The Kier molecular flexibility index (Phi) is 4.75. The molecule has 0 radical (unpaired) electrons. The van der Waals surface area contributed by atoms with Crippen LogP contribution in [0.2, 0.25) is 0 Å². The molecule has 1 aromatic heterocycles. The number of nitrogens with one attached hydrogen (secondary N) is 1. The van der Waals surface area contributed by atoms with Gasteiger partial charge in [0.2, 0.25) is 0 Å². The Hall–Kier alpha value is -2.48. The van der Waals surface area contributed by atoms with Crippen LogP contribution in [0.4, 0.5) is 5.69 Å². The van der Waals surface area contributed by atoms with E-state index in [1.54, 1.807) is 25.4 Å². The van der Waals surface area contributed by atoms with Crippen LogP contribution in [0.3, 0.4) is 0 Å². The van der Waals surface area contributed by atoms with Crippen LogP contribution in [0.15, 0.2) is 24.5 Å². The van der Waals surface area contributed by atoms with Crippen LogP contribution in [-0.2, 0) is 6.54 Å². The highest BCUT2D eigenvalue weighted by Crippen LogP contribution is 2.32. The molecule has 0 amide bonds. The lowest BCUT2D eigenvalue weighted by atomic mass is 10.0. The lowest BCUT2D eigenvalue weighted by Gasteiger charge is -2.26. The van der Waals surface area contributed by atoms with Crippen molar-refractivity contribution < 1.29 is 9.66 Å². The molecular weight excluding hydrogens is 310 g/mol. The van der Waals surface area contributed by atoms with E-state index < -0.39 is 4.92 Å². The number of nitrogens with zero attached hydrogens (tertiary/aromatic N) is 4. The summed E-state index contributed by atoms with van der Waals surface area (Å²) in [6.07, 6.45) is 3.58. The predicted molar refractivity (Wildman–Crippen MR) is 87.8 cm³/mol. The van der Waals surface area contributed by atoms with Crippen LogP contribution < -0.4 is 10.1 Å². The first-order valence-corrected chi connectivity index (χ1v) is 8.15. The fourth-order valence-corrected chi connectivity index (χ4v) is 3.07. The van der Waals surface area contributed by atoms with Crippen molar-refractivity contribution >= 4 is 5.69 Å². The highest BCUT2D eigenvalue weighted by atomic mass is 16.6. The van der Waals surface area contributed by atoms with Crippen molar-refractivity contribution in [2.45, 2.75) is 45.3 Å². The molecule has 8 nitrogen and oxygen atoms in total. The van der Waals surface area contributed by atoms with Crippen molar-refractivity contribution in [3.05, 3.63) is 46.0 Å². The molecule has 1 aliphatic rings. The van der Waals surface area contributed by atoms with Gasteiger partial charge < -0.3 is 10.1 Å². The van der Waals surface area contributed by atoms with Crippen molar-refractivity contribution in [1.82, 2.24) is 20.1 Å². The predicted octanol–water partition coefficient (Wildman–Crippen LogP) is 2.77. The third kappa shape index (κ3) is 3.23. The lowest BCUT2D eigenvalue weighted by molar-refractivity contribution is -0.385. The summed E-state index contributed by atoms with van der Waals surface area (Å²) in [5.41, 5.74) is 0.844. The molecule has 3 rings (SSSR count). The smallest absolute Gasteiger partial charge is 0.311 e. The molecule has 0 spiro atoms. The second-order valence-electron chi connectivity index (χ2n) is 5.84. The Morgan fingerprint density at radius 2 is 2.38 bits per heavy atom. The molecule has 24 heavy (non-hydrogen) atoms.